The van der Waals surface area contributed by atoms with Crippen LogP contribution in [0.3, 0.4) is 0 Å². The summed E-state index contributed by atoms with van der Waals surface area (Å²) < 4.78 is 5.21. The lowest BCUT2D eigenvalue weighted by Gasteiger charge is -2.28. The summed E-state index contributed by atoms with van der Waals surface area (Å²) in [5, 5.41) is 3.90. The Morgan fingerprint density at radius 3 is 1.71 bits per heavy atom. The molecule has 3 heteroatoms. The summed E-state index contributed by atoms with van der Waals surface area (Å²) in [5.74, 6) is 0.231. The third-order valence-electron chi connectivity index (χ3n) is 14.5. The molecule has 68 heavy (non-hydrogen) atoms. The van der Waals surface area contributed by atoms with E-state index in [9.17, 15) is 0 Å². The molecule has 2 heterocycles. The van der Waals surface area contributed by atoms with E-state index in [1.165, 1.54) is 97.8 Å². The van der Waals surface area contributed by atoms with E-state index in [4.69, 9.17) is 0 Å². The highest BCUT2D eigenvalue weighted by Gasteiger charge is 2.36. The first kappa shape index (κ1) is 40.3. The van der Waals surface area contributed by atoms with E-state index < -0.39 is 0 Å². The molecule has 2 aliphatic rings. The lowest BCUT2D eigenvalue weighted by atomic mass is 9.82. The van der Waals surface area contributed by atoms with Gasteiger partial charge in [0.05, 0.1) is 15.6 Å². The molecule has 2 aliphatic carbocycles. The van der Waals surface area contributed by atoms with Gasteiger partial charge in [0.15, 0.2) is 0 Å². The van der Waals surface area contributed by atoms with Crippen molar-refractivity contribution in [2.24, 2.45) is 0 Å². The van der Waals surface area contributed by atoms with Gasteiger partial charge < -0.3 is 9.47 Å². The highest BCUT2D eigenvalue weighted by atomic mass is 32.1. The summed E-state index contributed by atoms with van der Waals surface area (Å²) >= 11 is 1.92. The summed E-state index contributed by atoms with van der Waals surface area (Å²) in [6.45, 7) is 4.73. The average molecular weight is 889 g/mol. The highest BCUT2D eigenvalue weighted by Crippen LogP contribution is 2.51. The fourth-order valence-electron chi connectivity index (χ4n) is 11.1. The van der Waals surface area contributed by atoms with Crippen molar-refractivity contribution >= 4 is 60.9 Å². The number of anilines is 3. The van der Waals surface area contributed by atoms with Gasteiger partial charge in [-0.05, 0) is 128 Å². The van der Waals surface area contributed by atoms with Crippen LogP contribution < -0.4 is 15.5 Å². The Hall–Kier alpha value is -7.98. The summed E-state index contributed by atoms with van der Waals surface area (Å²) in [4.78, 5) is 2.43. The number of aromatic nitrogens is 1. The second-order valence-electron chi connectivity index (χ2n) is 18.9. The van der Waals surface area contributed by atoms with E-state index in [-0.39, 0.29) is 11.3 Å². The van der Waals surface area contributed by atoms with Gasteiger partial charge in [0, 0.05) is 49.4 Å². The minimum atomic E-state index is -0.103. The van der Waals surface area contributed by atoms with Gasteiger partial charge in [-0.1, -0.05) is 190 Å². The molecule has 1 atom stereocenters. The average Bonchev–Trinajstić information content (AvgIpc) is 4.01. The number of benzene rings is 9. The van der Waals surface area contributed by atoms with Crippen molar-refractivity contribution in [3.05, 3.63) is 252 Å². The first-order valence-electron chi connectivity index (χ1n) is 23.8. The molecule has 0 N–H and O–H groups in total. The van der Waals surface area contributed by atoms with Crippen LogP contribution in [0.25, 0.3) is 82.6 Å². The predicted molar refractivity (Wildman–Crippen MR) is 289 cm³/mol. The van der Waals surface area contributed by atoms with Gasteiger partial charge in [-0.3, -0.25) is 0 Å². The molecule has 2 aromatic heterocycles. The molecule has 9 aromatic carbocycles. The number of thiophene rings is 1. The molecule has 13 rings (SSSR count). The van der Waals surface area contributed by atoms with Gasteiger partial charge >= 0.3 is 0 Å². The van der Waals surface area contributed by atoms with Gasteiger partial charge in [-0.2, -0.15) is 0 Å². The number of hydrogen-bond acceptors (Lipinski definition) is 2. The molecule has 0 aliphatic heterocycles. The fraction of sp³-hybridized carbons (Fsp3) is 0.0769. The molecular formula is C65H48N2S. The SMILES string of the molecule is CC1(C)c2ccccc2-c2ccc(N(c3ccc(-c4ccccc4)cc3)c3ccc(C4C=c5c(n(-c6cc(-c7ccccc7)cc(-c7ccccc7)c6)c6c5sc5ccccc56)=CC4)cc3)cc21. The molecular weight excluding hydrogens is 841 g/mol. The molecule has 0 bridgehead atoms. The van der Waals surface area contributed by atoms with E-state index in [1.54, 1.807) is 0 Å². The summed E-state index contributed by atoms with van der Waals surface area (Å²) in [7, 11) is 0. The third-order valence-corrected chi connectivity index (χ3v) is 15.7. The van der Waals surface area contributed by atoms with E-state index in [0.29, 0.717) is 0 Å². The van der Waals surface area contributed by atoms with Crippen LogP contribution in [0.2, 0.25) is 0 Å². The molecule has 0 amide bonds. The molecule has 0 saturated carbocycles. The first-order chi connectivity index (χ1) is 33.5. The van der Waals surface area contributed by atoms with Crippen molar-refractivity contribution in [2.45, 2.75) is 31.6 Å². The van der Waals surface area contributed by atoms with E-state index in [1.807, 2.05) is 11.3 Å². The number of nitrogens with zero attached hydrogens (tertiary/aromatic N) is 2. The monoisotopic (exact) mass is 888 g/mol. The third kappa shape index (κ3) is 6.68. The van der Waals surface area contributed by atoms with Crippen molar-refractivity contribution in [3.8, 4) is 50.2 Å². The largest absolute Gasteiger partial charge is 0.310 e. The van der Waals surface area contributed by atoms with Crippen LogP contribution in [0.1, 0.15) is 42.9 Å². The van der Waals surface area contributed by atoms with Crippen molar-refractivity contribution in [3.63, 3.8) is 0 Å². The van der Waals surface area contributed by atoms with Gasteiger partial charge in [-0.25, -0.2) is 0 Å². The predicted octanol–water partition coefficient (Wildman–Crippen LogP) is 16.4. The standard InChI is InChI=1S/C65H48N2S/c1-65(2)59-24-14-12-22-55(59)56-36-35-53(42-60(56)65)66(51-31-26-46(27-32-51)43-16-6-3-7-17-43)52-33-28-47(29-34-52)48-30-37-61-58(41-48)64-63(57-23-13-15-25-62(57)68-64)67(61)54-39-49(44-18-8-4-9-19-44)38-50(40-54)45-20-10-5-11-21-45/h3-29,31-42,48H,30H2,1-2H3. The summed E-state index contributed by atoms with van der Waals surface area (Å²) in [5.41, 5.74) is 19.8. The molecule has 324 valence electrons. The quantitative estimate of drug-likeness (QED) is 0.148. The van der Waals surface area contributed by atoms with Crippen LogP contribution in [0.15, 0.2) is 224 Å². The second-order valence-corrected chi connectivity index (χ2v) is 19.9. The number of hydrogen-bond donors (Lipinski definition) is 0. The van der Waals surface area contributed by atoms with Crippen molar-refractivity contribution in [1.29, 1.82) is 0 Å². The fourth-order valence-corrected chi connectivity index (χ4v) is 12.3. The van der Waals surface area contributed by atoms with Crippen LogP contribution in [0.4, 0.5) is 17.1 Å². The topological polar surface area (TPSA) is 8.17 Å². The van der Waals surface area contributed by atoms with E-state index in [0.717, 1.165) is 23.5 Å². The van der Waals surface area contributed by atoms with E-state index in [2.05, 4.69) is 260 Å². The zero-order valence-corrected chi connectivity index (χ0v) is 38.9. The van der Waals surface area contributed by atoms with Crippen LogP contribution in [-0.4, -0.2) is 4.57 Å². The van der Waals surface area contributed by atoms with Crippen molar-refractivity contribution in [1.82, 2.24) is 4.57 Å². The zero-order chi connectivity index (χ0) is 45.3. The van der Waals surface area contributed by atoms with Crippen LogP contribution in [-0.2, 0) is 5.41 Å². The zero-order valence-electron chi connectivity index (χ0n) is 38.1. The molecule has 0 fully saturated rings. The minimum Gasteiger partial charge on any atom is -0.310 e. The molecule has 2 nitrogen and oxygen atoms in total. The molecule has 0 spiro atoms. The maximum Gasteiger partial charge on any atom is 0.0727 e. The lowest BCUT2D eigenvalue weighted by Crippen LogP contribution is -2.31. The maximum absolute atomic E-state index is 2.55. The Labute approximate surface area is 401 Å². The van der Waals surface area contributed by atoms with Crippen LogP contribution in [0, 0.1) is 0 Å². The molecule has 0 radical (unpaired) electrons. The second kappa shape index (κ2) is 16.1. The Morgan fingerprint density at radius 1 is 0.485 bits per heavy atom. The maximum atomic E-state index is 2.55. The van der Waals surface area contributed by atoms with Crippen molar-refractivity contribution in [2.75, 3.05) is 4.90 Å². The van der Waals surface area contributed by atoms with Gasteiger partial charge in [0.2, 0.25) is 0 Å². The van der Waals surface area contributed by atoms with Gasteiger partial charge in [-0.15, -0.1) is 11.3 Å². The van der Waals surface area contributed by atoms with Gasteiger partial charge in [0.1, 0.15) is 0 Å². The minimum absolute atomic E-state index is 0.103. The normalized spacial score (nSPS) is 14.5. The molecule has 1 unspecified atom stereocenters. The van der Waals surface area contributed by atoms with E-state index >= 15 is 0 Å². The first-order valence-corrected chi connectivity index (χ1v) is 24.6. The number of rotatable bonds is 8. The Bertz CT molecular complexity index is 3770. The Balaban J connectivity index is 0.923. The highest BCUT2D eigenvalue weighted by molar-refractivity contribution is 7.25. The summed E-state index contributed by atoms with van der Waals surface area (Å²) in [6.07, 6.45) is 5.96. The van der Waals surface area contributed by atoms with Crippen LogP contribution in [0.5, 0.6) is 0 Å². The van der Waals surface area contributed by atoms with Crippen LogP contribution >= 0.6 is 11.3 Å². The van der Waals surface area contributed by atoms with Gasteiger partial charge in [0.25, 0.3) is 0 Å². The van der Waals surface area contributed by atoms with Crippen molar-refractivity contribution < 1.29 is 0 Å². The number of fused-ring (bicyclic) bond motifs is 8. The molecule has 0 saturated heterocycles. The Kier molecular flexibility index (Phi) is 9.56. The Morgan fingerprint density at radius 2 is 1.03 bits per heavy atom. The smallest absolute Gasteiger partial charge is 0.0727 e. The summed E-state index contributed by atoms with van der Waals surface area (Å²) in [6, 6.07) is 82.7. The lowest BCUT2D eigenvalue weighted by molar-refractivity contribution is 0.660. The molecule has 11 aromatic rings.